The third-order valence-electron chi connectivity index (χ3n) is 2.71. The maximum Gasteiger partial charge on any atom is 0.340 e. The summed E-state index contributed by atoms with van der Waals surface area (Å²) < 4.78 is 5.07. The molecule has 0 atom stereocenters. The third kappa shape index (κ3) is 2.41. The first-order valence-corrected chi connectivity index (χ1v) is 6.12. The largest absolute Gasteiger partial charge is 0.462 e. The molecule has 1 N–H and O–H groups in total. The van der Waals surface area contributed by atoms with Crippen molar-refractivity contribution < 1.29 is 9.53 Å². The number of rotatable bonds is 3. The van der Waals surface area contributed by atoms with Gasteiger partial charge in [-0.3, -0.25) is 0 Å². The van der Waals surface area contributed by atoms with Gasteiger partial charge in [0.05, 0.1) is 12.2 Å². The Kier molecular flexibility index (Phi) is 3.72. The average Bonchev–Trinajstić information content (AvgIpc) is 2.72. The molecule has 4 heteroatoms. The van der Waals surface area contributed by atoms with Gasteiger partial charge in [-0.1, -0.05) is 23.7 Å². The second-order valence-corrected chi connectivity index (χ2v) is 4.37. The summed E-state index contributed by atoms with van der Waals surface area (Å²) >= 11 is 5.86. The Balaban J connectivity index is 2.45. The molecule has 0 aliphatic heterocycles. The second-order valence-electron chi connectivity index (χ2n) is 3.93. The molecule has 0 amide bonds. The molecule has 0 aliphatic rings. The van der Waals surface area contributed by atoms with Gasteiger partial charge in [-0.15, -0.1) is 0 Å². The van der Waals surface area contributed by atoms with Crippen molar-refractivity contribution in [3.05, 3.63) is 46.7 Å². The number of hydrogen-bond donors (Lipinski definition) is 1. The number of H-pyrrole nitrogens is 1. The molecule has 18 heavy (non-hydrogen) atoms. The quantitative estimate of drug-likeness (QED) is 0.856. The van der Waals surface area contributed by atoms with Crippen molar-refractivity contribution >= 4 is 17.6 Å². The number of carbonyl (C=O) groups excluding carboxylic acids is 1. The summed E-state index contributed by atoms with van der Waals surface area (Å²) in [5.41, 5.74) is 3.16. The molecule has 0 saturated carbocycles. The number of ether oxygens (including phenoxy) is 1. The van der Waals surface area contributed by atoms with Crippen LogP contribution in [0.25, 0.3) is 11.1 Å². The van der Waals surface area contributed by atoms with E-state index in [2.05, 4.69) is 4.98 Å². The van der Waals surface area contributed by atoms with Crippen LogP contribution in [-0.2, 0) is 4.74 Å². The molecule has 0 aliphatic carbocycles. The fraction of sp³-hybridized carbons (Fsp3) is 0.214. The molecule has 0 unspecified atom stereocenters. The summed E-state index contributed by atoms with van der Waals surface area (Å²) in [6.07, 6.45) is 1.81. The monoisotopic (exact) mass is 263 g/mol. The van der Waals surface area contributed by atoms with Crippen LogP contribution >= 0.6 is 11.6 Å². The lowest BCUT2D eigenvalue weighted by Crippen LogP contribution is -2.06. The number of aromatic amines is 1. The number of carbonyl (C=O) groups is 1. The number of aromatic nitrogens is 1. The molecule has 2 aromatic rings. The fourth-order valence-corrected chi connectivity index (χ4v) is 1.98. The van der Waals surface area contributed by atoms with E-state index in [0.717, 1.165) is 16.8 Å². The van der Waals surface area contributed by atoms with E-state index in [4.69, 9.17) is 16.3 Å². The minimum Gasteiger partial charge on any atom is -0.462 e. The van der Waals surface area contributed by atoms with Crippen LogP contribution in [0, 0.1) is 6.92 Å². The third-order valence-corrected chi connectivity index (χ3v) is 2.96. The molecule has 0 saturated heterocycles. The molecule has 0 spiro atoms. The van der Waals surface area contributed by atoms with Gasteiger partial charge in [0.25, 0.3) is 0 Å². The summed E-state index contributed by atoms with van der Waals surface area (Å²) in [6, 6.07) is 7.36. The Hall–Kier alpha value is -1.74. The van der Waals surface area contributed by atoms with Gasteiger partial charge in [-0.25, -0.2) is 4.79 Å². The highest BCUT2D eigenvalue weighted by atomic mass is 35.5. The van der Waals surface area contributed by atoms with Gasteiger partial charge in [0.1, 0.15) is 0 Å². The zero-order valence-electron chi connectivity index (χ0n) is 10.3. The normalized spacial score (nSPS) is 10.4. The first kappa shape index (κ1) is 12.7. The predicted octanol–water partition coefficient (Wildman–Crippen LogP) is 3.82. The Morgan fingerprint density at radius 1 is 1.33 bits per heavy atom. The molecule has 1 aromatic heterocycles. The number of benzene rings is 1. The van der Waals surface area contributed by atoms with Crippen molar-refractivity contribution in [3.63, 3.8) is 0 Å². The summed E-state index contributed by atoms with van der Waals surface area (Å²) in [5, 5.41) is 0.670. The summed E-state index contributed by atoms with van der Waals surface area (Å²) in [6.45, 7) is 4.01. The van der Waals surface area contributed by atoms with Crippen LogP contribution < -0.4 is 0 Å². The molecular formula is C14H14ClNO2. The zero-order valence-corrected chi connectivity index (χ0v) is 11.0. The predicted molar refractivity (Wildman–Crippen MR) is 71.9 cm³/mol. The van der Waals surface area contributed by atoms with Crippen LogP contribution in [0.3, 0.4) is 0 Å². The van der Waals surface area contributed by atoms with Gasteiger partial charge in [0, 0.05) is 22.5 Å². The molecule has 0 bridgehead atoms. The van der Waals surface area contributed by atoms with Gasteiger partial charge in [-0.2, -0.15) is 0 Å². The molecule has 1 heterocycles. The topological polar surface area (TPSA) is 42.1 Å². The Labute approximate surface area is 111 Å². The Morgan fingerprint density at radius 3 is 2.61 bits per heavy atom. The number of nitrogens with one attached hydrogen (secondary N) is 1. The number of aryl methyl sites for hydroxylation is 1. The van der Waals surface area contributed by atoms with Crippen molar-refractivity contribution in [2.75, 3.05) is 6.61 Å². The van der Waals surface area contributed by atoms with E-state index in [1.54, 1.807) is 19.1 Å². The maximum atomic E-state index is 11.9. The van der Waals surface area contributed by atoms with E-state index in [1.165, 1.54) is 0 Å². The van der Waals surface area contributed by atoms with Crippen molar-refractivity contribution in [1.82, 2.24) is 4.98 Å². The van der Waals surface area contributed by atoms with Gasteiger partial charge in [0.2, 0.25) is 0 Å². The number of hydrogen-bond acceptors (Lipinski definition) is 2. The first-order valence-electron chi connectivity index (χ1n) is 5.74. The van der Waals surface area contributed by atoms with Gasteiger partial charge in [-0.05, 0) is 31.5 Å². The fourth-order valence-electron chi connectivity index (χ4n) is 1.85. The SMILES string of the molecule is CCOC(=O)c1c(-c2ccc(Cl)cc2)c[nH]c1C. The van der Waals surface area contributed by atoms with E-state index in [-0.39, 0.29) is 5.97 Å². The highest BCUT2D eigenvalue weighted by molar-refractivity contribution is 6.30. The first-order chi connectivity index (χ1) is 8.63. The maximum absolute atomic E-state index is 11.9. The van der Waals surface area contributed by atoms with Crippen LogP contribution in [0.1, 0.15) is 23.0 Å². The lowest BCUT2D eigenvalue weighted by molar-refractivity contribution is 0.0526. The number of halogens is 1. The van der Waals surface area contributed by atoms with Crippen molar-refractivity contribution in [2.24, 2.45) is 0 Å². The molecule has 1 aromatic carbocycles. The molecule has 0 fully saturated rings. The van der Waals surface area contributed by atoms with E-state index in [9.17, 15) is 4.79 Å². The molecule has 2 rings (SSSR count). The van der Waals surface area contributed by atoms with E-state index in [1.807, 2.05) is 25.3 Å². The van der Waals surface area contributed by atoms with Gasteiger partial charge < -0.3 is 9.72 Å². The van der Waals surface area contributed by atoms with Gasteiger partial charge in [0.15, 0.2) is 0 Å². The molecule has 3 nitrogen and oxygen atoms in total. The zero-order chi connectivity index (χ0) is 13.1. The van der Waals surface area contributed by atoms with Crippen molar-refractivity contribution in [2.45, 2.75) is 13.8 Å². The van der Waals surface area contributed by atoms with Crippen molar-refractivity contribution in [3.8, 4) is 11.1 Å². The van der Waals surface area contributed by atoms with Crippen LogP contribution in [-0.4, -0.2) is 17.6 Å². The van der Waals surface area contributed by atoms with Crippen LogP contribution in [0.5, 0.6) is 0 Å². The lowest BCUT2D eigenvalue weighted by atomic mass is 10.0. The molecule has 0 radical (unpaired) electrons. The van der Waals surface area contributed by atoms with E-state index >= 15 is 0 Å². The highest BCUT2D eigenvalue weighted by Crippen LogP contribution is 2.27. The molecule has 94 valence electrons. The number of esters is 1. The Bertz CT molecular complexity index is 558. The minimum atomic E-state index is -0.304. The van der Waals surface area contributed by atoms with E-state index in [0.29, 0.717) is 17.2 Å². The highest BCUT2D eigenvalue weighted by Gasteiger charge is 2.18. The summed E-state index contributed by atoms with van der Waals surface area (Å²) in [4.78, 5) is 15.0. The van der Waals surface area contributed by atoms with Crippen LogP contribution in [0.15, 0.2) is 30.5 Å². The van der Waals surface area contributed by atoms with E-state index < -0.39 is 0 Å². The Morgan fingerprint density at radius 2 is 2.00 bits per heavy atom. The lowest BCUT2D eigenvalue weighted by Gasteiger charge is -2.05. The van der Waals surface area contributed by atoms with Crippen molar-refractivity contribution in [1.29, 1.82) is 0 Å². The average molecular weight is 264 g/mol. The minimum absolute atomic E-state index is 0.304. The smallest absolute Gasteiger partial charge is 0.340 e. The van der Waals surface area contributed by atoms with Crippen LogP contribution in [0.4, 0.5) is 0 Å². The second kappa shape index (κ2) is 5.27. The van der Waals surface area contributed by atoms with Crippen LogP contribution in [0.2, 0.25) is 5.02 Å². The standard InChI is InChI=1S/C14H14ClNO2/c1-3-18-14(17)13-9(2)16-8-12(13)10-4-6-11(15)7-5-10/h4-8,16H,3H2,1-2H3. The molecular weight excluding hydrogens is 250 g/mol. The van der Waals surface area contributed by atoms with Gasteiger partial charge >= 0.3 is 5.97 Å². The summed E-state index contributed by atoms with van der Waals surface area (Å²) in [5.74, 6) is -0.304. The summed E-state index contributed by atoms with van der Waals surface area (Å²) in [7, 11) is 0.